The number of nitrogens with zero attached hydrogens (tertiary/aromatic N) is 2. The third-order valence-corrected chi connectivity index (χ3v) is 5.91. The monoisotopic (exact) mass is 382 g/mol. The van der Waals surface area contributed by atoms with Crippen LogP contribution in [0.1, 0.15) is 58.6 Å². The SMILES string of the molecule is O=C(NCC1(c2ccccc2)CCCCC1)c1cc2n(n1)C[C@@H](O)CNC2=O. The Morgan fingerprint density at radius 1 is 1.25 bits per heavy atom. The summed E-state index contributed by atoms with van der Waals surface area (Å²) in [6.45, 7) is 0.922. The van der Waals surface area contributed by atoms with E-state index in [0.29, 0.717) is 12.2 Å². The van der Waals surface area contributed by atoms with E-state index in [0.717, 1.165) is 25.7 Å². The number of hydrogen-bond donors (Lipinski definition) is 3. The van der Waals surface area contributed by atoms with Crippen molar-refractivity contribution in [3.8, 4) is 0 Å². The maximum atomic E-state index is 12.8. The number of aliphatic hydroxyl groups excluding tert-OH is 1. The van der Waals surface area contributed by atoms with Gasteiger partial charge < -0.3 is 15.7 Å². The van der Waals surface area contributed by atoms with E-state index in [1.165, 1.54) is 22.7 Å². The van der Waals surface area contributed by atoms with Gasteiger partial charge >= 0.3 is 0 Å². The molecule has 2 amide bonds. The molecule has 0 bridgehead atoms. The van der Waals surface area contributed by atoms with Gasteiger partial charge in [-0.1, -0.05) is 49.6 Å². The first-order chi connectivity index (χ1) is 13.6. The number of rotatable bonds is 4. The van der Waals surface area contributed by atoms with Crippen LogP contribution in [0.4, 0.5) is 0 Å². The molecule has 0 spiro atoms. The number of carbonyl (C=O) groups is 2. The summed E-state index contributed by atoms with van der Waals surface area (Å²) in [5.41, 5.74) is 1.72. The second-order valence-corrected chi connectivity index (χ2v) is 7.85. The number of fused-ring (bicyclic) bond motifs is 1. The van der Waals surface area contributed by atoms with Crippen LogP contribution < -0.4 is 10.6 Å². The van der Waals surface area contributed by atoms with E-state index >= 15 is 0 Å². The summed E-state index contributed by atoms with van der Waals surface area (Å²) in [4.78, 5) is 24.9. The van der Waals surface area contributed by atoms with Crippen molar-refractivity contribution in [1.29, 1.82) is 0 Å². The minimum absolute atomic E-state index is 0.0560. The van der Waals surface area contributed by atoms with Gasteiger partial charge in [0.2, 0.25) is 0 Å². The van der Waals surface area contributed by atoms with Crippen molar-refractivity contribution < 1.29 is 14.7 Å². The quantitative estimate of drug-likeness (QED) is 0.749. The van der Waals surface area contributed by atoms with Crippen LogP contribution >= 0.6 is 0 Å². The molecular weight excluding hydrogens is 356 g/mol. The zero-order chi connectivity index (χ0) is 19.6. The summed E-state index contributed by atoms with van der Waals surface area (Å²) in [5.74, 6) is -0.611. The summed E-state index contributed by atoms with van der Waals surface area (Å²) in [7, 11) is 0. The first kappa shape index (κ1) is 18.7. The molecule has 0 radical (unpaired) electrons. The van der Waals surface area contributed by atoms with E-state index in [-0.39, 0.29) is 36.0 Å². The summed E-state index contributed by atoms with van der Waals surface area (Å²) < 4.78 is 1.41. The number of carbonyl (C=O) groups excluding carboxylic acids is 2. The lowest BCUT2D eigenvalue weighted by atomic mass is 9.69. The molecule has 4 rings (SSSR count). The predicted molar refractivity (Wildman–Crippen MR) is 104 cm³/mol. The Labute approximate surface area is 164 Å². The van der Waals surface area contributed by atoms with Gasteiger partial charge in [0.1, 0.15) is 5.69 Å². The van der Waals surface area contributed by atoms with Crippen molar-refractivity contribution in [2.75, 3.05) is 13.1 Å². The maximum Gasteiger partial charge on any atom is 0.271 e. The first-order valence-electron chi connectivity index (χ1n) is 9.95. The molecular formula is C21H26N4O3. The molecule has 1 aliphatic carbocycles. The number of aliphatic hydroxyl groups is 1. The standard InChI is InChI=1S/C21H26N4O3/c26-16-12-22-20(28)18-11-17(24-25(18)13-16)19(27)23-14-21(9-5-2-6-10-21)15-7-3-1-4-8-15/h1,3-4,7-8,11,16,26H,2,5-6,9-10,12-14H2,(H,22,28)(H,23,27)/t16-/m0/s1. The van der Waals surface area contributed by atoms with Crippen LogP contribution in [0, 0.1) is 0 Å². The van der Waals surface area contributed by atoms with Crippen molar-refractivity contribution in [3.63, 3.8) is 0 Å². The molecule has 1 fully saturated rings. The normalized spacial score (nSPS) is 21.3. The van der Waals surface area contributed by atoms with Crippen molar-refractivity contribution in [3.05, 3.63) is 53.3 Å². The molecule has 148 valence electrons. The van der Waals surface area contributed by atoms with Gasteiger partial charge in [0, 0.05) is 24.6 Å². The highest BCUT2D eigenvalue weighted by atomic mass is 16.3. The lowest BCUT2D eigenvalue weighted by Crippen LogP contribution is -2.42. The molecule has 2 aromatic rings. The van der Waals surface area contributed by atoms with Gasteiger partial charge in [-0.25, -0.2) is 0 Å². The highest BCUT2D eigenvalue weighted by Gasteiger charge is 2.34. The Hall–Kier alpha value is -2.67. The number of aromatic nitrogens is 2. The Kier molecular flexibility index (Phi) is 5.17. The molecule has 3 N–H and O–H groups in total. The lowest BCUT2D eigenvalue weighted by molar-refractivity contribution is 0.0929. The largest absolute Gasteiger partial charge is 0.389 e. The molecule has 1 saturated carbocycles. The number of β-amino-alcohol motifs (C(OH)–C–C–N with tert-alkyl or cyclic N) is 1. The van der Waals surface area contributed by atoms with Crippen molar-refractivity contribution in [2.24, 2.45) is 0 Å². The van der Waals surface area contributed by atoms with Crippen LogP contribution in [0.2, 0.25) is 0 Å². The molecule has 2 aliphatic rings. The van der Waals surface area contributed by atoms with E-state index in [4.69, 9.17) is 0 Å². The van der Waals surface area contributed by atoms with E-state index in [2.05, 4.69) is 27.9 Å². The summed E-state index contributed by atoms with van der Waals surface area (Å²) in [6.07, 6.45) is 4.92. The summed E-state index contributed by atoms with van der Waals surface area (Å²) >= 11 is 0. The fourth-order valence-corrected chi connectivity index (χ4v) is 4.34. The highest BCUT2D eigenvalue weighted by Crippen LogP contribution is 2.38. The second-order valence-electron chi connectivity index (χ2n) is 7.85. The average Bonchev–Trinajstić information content (AvgIpc) is 3.10. The minimum Gasteiger partial charge on any atom is -0.389 e. The number of nitrogens with one attached hydrogen (secondary N) is 2. The molecule has 7 heteroatoms. The second kappa shape index (κ2) is 7.75. The average molecular weight is 382 g/mol. The van der Waals surface area contributed by atoms with Crippen LogP contribution in [0.15, 0.2) is 36.4 Å². The zero-order valence-corrected chi connectivity index (χ0v) is 15.9. The van der Waals surface area contributed by atoms with Gasteiger partial charge in [-0.3, -0.25) is 14.3 Å². The van der Waals surface area contributed by atoms with E-state index < -0.39 is 6.10 Å². The van der Waals surface area contributed by atoms with Gasteiger partial charge in [-0.05, 0) is 18.4 Å². The molecule has 7 nitrogen and oxygen atoms in total. The first-order valence-corrected chi connectivity index (χ1v) is 9.95. The smallest absolute Gasteiger partial charge is 0.271 e. The molecule has 1 aliphatic heterocycles. The number of hydrogen-bond acceptors (Lipinski definition) is 4. The van der Waals surface area contributed by atoms with Crippen LogP contribution in [0.3, 0.4) is 0 Å². The number of benzene rings is 1. The van der Waals surface area contributed by atoms with Gasteiger partial charge in [-0.2, -0.15) is 5.10 Å². The van der Waals surface area contributed by atoms with Crippen LogP contribution in [0.25, 0.3) is 0 Å². The summed E-state index contributed by atoms with van der Waals surface area (Å²) in [5, 5.41) is 19.8. The van der Waals surface area contributed by atoms with Gasteiger partial charge in [0.15, 0.2) is 5.69 Å². The molecule has 1 atom stereocenters. The molecule has 2 heterocycles. The molecule has 28 heavy (non-hydrogen) atoms. The predicted octanol–water partition coefficient (Wildman–Crippen LogP) is 1.62. The van der Waals surface area contributed by atoms with E-state index in [1.807, 2.05) is 18.2 Å². The van der Waals surface area contributed by atoms with Crippen LogP contribution in [-0.2, 0) is 12.0 Å². The maximum absolute atomic E-state index is 12.8. The highest BCUT2D eigenvalue weighted by molar-refractivity contribution is 5.98. The van der Waals surface area contributed by atoms with Gasteiger partial charge in [0.25, 0.3) is 11.8 Å². The topological polar surface area (TPSA) is 96.2 Å². The fraction of sp³-hybridized carbons (Fsp3) is 0.476. The van der Waals surface area contributed by atoms with E-state index in [1.54, 1.807) is 0 Å². The number of amides is 2. The third kappa shape index (κ3) is 3.67. The Morgan fingerprint density at radius 3 is 2.75 bits per heavy atom. The van der Waals surface area contributed by atoms with Crippen molar-refractivity contribution >= 4 is 11.8 Å². The van der Waals surface area contributed by atoms with Crippen LogP contribution in [-0.4, -0.2) is 45.9 Å². The molecule has 0 saturated heterocycles. The lowest BCUT2D eigenvalue weighted by Gasteiger charge is -2.38. The molecule has 0 unspecified atom stereocenters. The zero-order valence-electron chi connectivity index (χ0n) is 15.9. The van der Waals surface area contributed by atoms with Crippen LogP contribution in [0.5, 0.6) is 0 Å². The third-order valence-electron chi connectivity index (χ3n) is 5.91. The summed E-state index contributed by atoms with van der Waals surface area (Å²) in [6, 6.07) is 11.9. The van der Waals surface area contributed by atoms with E-state index in [9.17, 15) is 14.7 Å². The molecule has 1 aromatic heterocycles. The fourth-order valence-electron chi connectivity index (χ4n) is 4.34. The van der Waals surface area contributed by atoms with Crippen molar-refractivity contribution in [2.45, 2.75) is 50.2 Å². The van der Waals surface area contributed by atoms with Gasteiger partial charge in [0.05, 0.1) is 12.6 Å². The Balaban J connectivity index is 1.51. The van der Waals surface area contributed by atoms with Gasteiger partial charge in [-0.15, -0.1) is 0 Å². The Bertz CT molecular complexity index is 856. The minimum atomic E-state index is -0.718. The van der Waals surface area contributed by atoms with Crippen molar-refractivity contribution in [1.82, 2.24) is 20.4 Å². The Morgan fingerprint density at radius 2 is 2.00 bits per heavy atom. The molecule has 1 aromatic carbocycles.